The molecule has 0 amide bonds. The molecule has 0 fully saturated rings. The number of nitrogens with zero attached hydrogens (tertiary/aromatic N) is 1. The SMILES string of the molecule is CCOc1ccc(NC(=S)N=Cc2c(O)cc(C)oc2=O)cc1. The molecule has 2 aromatic rings. The van der Waals surface area contributed by atoms with E-state index in [0.717, 1.165) is 11.4 Å². The molecular formula is C16H16N2O4S. The minimum atomic E-state index is -0.671. The molecule has 0 saturated carbocycles. The first-order chi connectivity index (χ1) is 11.0. The first-order valence-electron chi connectivity index (χ1n) is 6.91. The van der Waals surface area contributed by atoms with Gasteiger partial charge >= 0.3 is 5.63 Å². The number of hydrogen-bond donors (Lipinski definition) is 2. The van der Waals surface area contributed by atoms with Crippen molar-refractivity contribution in [3.8, 4) is 11.5 Å². The zero-order chi connectivity index (χ0) is 16.8. The van der Waals surface area contributed by atoms with E-state index in [-0.39, 0.29) is 16.4 Å². The number of thiocarbonyl (C=S) groups is 1. The smallest absolute Gasteiger partial charge is 0.348 e. The van der Waals surface area contributed by atoms with E-state index in [1.807, 2.05) is 6.92 Å². The molecule has 23 heavy (non-hydrogen) atoms. The Hall–Kier alpha value is -2.67. The van der Waals surface area contributed by atoms with Crippen molar-refractivity contribution >= 4 is 29.2 Å². The van der Waals surface area contributed by atoms with Crippen LogP contribution in [0.25, 0.3) is 0 Å². The number of aromatic hydroxyl groups is 1. The number of anilines is 1. The summed E-state index contributed by atoms with van der Waals surface area (Å²) in [6.07, 6.45) is 1.17. The van der Waals surface area contributed by atoms with Crippen molar-refractivity contribution in [2.75, 3.05) is 11.9 Å². The molecule has 0 aliphatic carbocycles. The minimum absolute atomic E-state index is 0.0496. The van der Waals surface area contributed by atoms with Gasteiger partial charge in [0.1, 0.15) is 22.8 Å². The predicted molar refractivity (Wildman–Crippen MR) is 92.8 cm³/mol. The summed E-state index contributed by atoms with van der Waals surface area (Å²) < 4.78 is 10.2. The molecule has 0 aliphatic heterocycles. The molecule has 2 rings (SSSR count). The van der Waals surface area contributed by atoms with E-state index < -0.39 is 5.63 Å². The average molecular weight is 332 g/mol. The zero-order valence-corrected chi connectivity index (χ0v) is 13.5. The number of aliphatic imine (C=N–C) groups is 1. The fraction of sp³-hybridized carbons (Fsp3) is 0.188. The van der Waals surface area contributed by atoms with Crippen LogP contribution in [0.15, 0.2) is 44.5 Å². The van der Waals surface area contributed by atoms with Gasteiger partial charge in [0.2, 0.25) is 0 Å². The lowest BCUT2D eigenvalue weighted by atomic mass is 10.2. The first kappa shape index (κ1) is 16.7. The van der Waals surface area contributed by atoms with Crippen LogP contribution in [0.5, 0.6) is 11.5 Å². The highest BCUT2D eigenvalue weighted by Crippen LogP contribution is 2.16. The largest absolute Gasteiger partial charge is 0.507 e. The van der Waals surface area contributed by atoms with E-state index >= 15 is 0 Å². The summed E-state index contributed by atoms with van der Waals surface area (Å²) >= 11 is 5.08. The topological polar surface area (TPSA) is 84.1 Å². The summed E-state index contributed by atoms with van der Waals surface area (Å²) in [6, 6.07) is 8.54. The van der Waals surface area contributed by atoms with E-state index in [1.165, 1.54) is 12.3 Å². The van der Waals surface area contributed by atoms with Crippen LogP contribution in [-0.2, 0) is 0 Å². The second-order valence-electron chi connectivity index (χ2n) is 4.59. The molecule has 2 N–H and O–H groups in total. The minimum Gasteiger partial charge on any atom is -0.507 e. The van der Waals surface area contributed by atoms with Crippen molar-refractivity contribution in [1.29, 1.82) is 0 Å². The van der Waals surface area contributed by atoms with E-state index in [0.29, 0.717) is 12.4 Å². The van der Waals surface area contributed by atoms with Gasteiger partial charge in [-0.15, -0.1) is 0 Å². The Kier molecular flexibility index (Phi) is 5.48. The summed E-state index contributed by atoms with van der Waals surface area (Å²) in [6.45, 7) is 4.07. The van der Waals surface area contributed by atoms with Crippen LogP contribution in [0.4, 0.5) is 5.69 Å². The van der Waals surface area contributed by atoms with Gasteiger partial charge in [0.15, 0.2) is 5.11 Å². The molecule has 0 aliphatic rings. The van der Waals surface area contributed by atoms with Crippen LogP contribution in [0.1, 0.15) is 18.2 Å². The molecule has 0 atom stereocenters. The standard InChI is InChI=1S/C16H16N2O4S/c1-3-21-12-6-4-11(5-7-12)18-16(23)17-9-13-14(19)8-10(2)22-15(13)20/h4-9,19H,3H2,1-2H3,(H,18,23). The van der Waals surface area contributed by atoms with E-state index in [9.17, 15) is 9.90 Å². The van der Waals surface area contributed by atoms with Crippen molar-refractivity contribution < 1.29 is 14.3 Å². The molecule has 0 spiro atoms. The number of ether oxygens (including phenoxy) is 1. The van der Waals surface area contributed by atoms with Gasteiger partial charge in [-0.1, -0.05) is 0 Å². The van der Waals surface area contributed by atoms with Gasteiger partial charge in [0, 0.05) is 18.0 Å². The van der Waals surface area contributed by atoms with E-state index in [1.54, 1.807) is 31.2 Å². The van der Waals surface area contributed by atoms with Crippen molar-refractivity contribution in [1.82, 2.24) is 0 Å². The van der Waals surface area contributed by atoms with Gasteiger partial charge in [0.05, 0.1) is 6.61 Å². The highest BCUT2D eigenvalue weighted by atomic mass is 32.1. The number of aryl methyl sites for hydroxylation is 1. The Balaban J connectivity index is 2.06. The number of hydrogen-bond acceptors (Lipinski definition) is 5. The molecule has 0 radical (unpaired) electrons. The van der Waals surface area contributed by atoms with Crippen molar-refractivity contribution in [2.24, 2.45) is 4.99 Å². The third kappa shape index (κ3) is 4.65. The van der Waals surface area contributed by atoms with Crippen LogP contribution >= 0.6 is 12.2 Å². The Morgan fingerprint density at radius 3 is 2.74 bits per heavy atom. The van der Waals surface area contributed by atoms with Gasteiger partial charge in [-0.2, -0.15) is 0 Å². The summed E-state index contributed by atoms with van der Waals surface area (Å²) in [5.41, 5.74) is 0.0114. The van der Waals surface area contributed by atoms with Gasteiger partial charge in [0.25, 0.3) is 0 Å². The Labute approximate surface area is 138 Å². The summed E-state index contributed by atoms with van der Waals surface area (Å²) in [5.74, 6) is 0.876. The summed E-state index contributed by atoms with van der Waals surface area (Å²) in [4.78, 5) is 15.6. The highest BCUT2D eigenvalue weighted by Gasteiger charge is 2.07. The van der Waals surface area contributed by atoms with Crippen LogP contribution in [0.3, 0.4) is 0 Å². The molecule has 6 nitrogen and oxygen atoms in total. The normalized spacial score (nSPS) is 10.7. The number of nitrogens with one attached hydrogen (secondary N) is 1. The summed E-state index contributed by atoms with van der Waals surface area (Å²) in [5, 5.41) is 12.8. The van der Waals surface area contributed by atoms with Gasteiger partial charge in [-0.25, -0.2) is 9.79 Å². The zero-order valence-electron chi connectivity index (χ0n) is 12.7. The van der Waals surface area contributed by atoms with Crippen molar-refractivity contribution in [3.63, 3.8) is 0 Å². The number of rotatable bonds is 4. The van der Waals surface area contributed by atoms with Crippen molar-refractivity contribution in [2.45, 2.75) is 13.8 Å². The molecular weight excluding hydrogens is 316 g/mol. The molecule has 1 aromatic heterocycles. The molecule has 1 heterocycles. The second kappa shape index (κ2) is 7.55. The maximum absolute atomic E-state index is 11.6. The second-order valence-corrected chi connectivity index (χ2v) is 4.98. The van der Waals surface area contributed by atoms with Crippen LogP contribution in [0.2, 0.25) is 0 Å². The fourth-order valence-electron chi connectivity index (χ4n) is 1.80. The Morgan fingerprint density at radius 2 is 2.13 bits per heavy atom. The Morgan fingerprint density at radius 1 is 1.43 bits per heavy atom. The lowest BCUT2D eigenvalue weighted by molar-refractivity contribution is 0.340. The monoisotopic (exact) mass is 332 g/mol. The Bertz CT molecular complexity index is 782. The van der Waals surface area contributed by atoms with E-state index in [4.69, 9.17) is 21.4 Å². The van der Waals surface area contributed by atoms with Crippen LogP contribution < -0.4 is 15.7 Å². The molecule has 1 aromatic carbocycles. The lowest BCUT2D eigenvalue weighted by Gasteiger charge is -2.06. The highest BCUT2D eigenvalue weighted by molar-refractivity contribution is 7.80. The quantitative estimate of drug-likeness (QED) is 0.661. The van der Waals surface area contributed by atoms with Gasteiger partial charge < -0.3 is 19.6 Å². The number of benzene rings is 1. The average Bonchev–Trinajstić information content (AvgIpc) is 2.48. The van der Waals surface area contributed by atoms with Crippen LogP contribution in [0, 0.1) is 6.92 Å². The van der Waals surface area contributed by atoms with Gasteiger partial charge in [-0.3, -0.25) is 0 Å². The molecule has 7 heteroatoms. The van der Waals surface area contributed by atoms with E-state index in [2.05, 4.69) is 10.3 Å². The van der Waals surface area contributed by atoms with Crippen molar-refractivity contribution in [3.05, 3.63) is 52.1 Å². The first-order valence-corrected chi connectivity index (χ1v) is 7.32. The van der Waals surface area contributed by atoms with Crippen LogP contribution in [-0.4, -0.2) is 23.0 Å². The maximum Gasteiger partial charge on any atom is 0.348 e. The maximum atomic E-state index is 11.6. The third-order valence-corrected chi connectivity index (χ3v) is 3.02. The third-order valence-electron chi connectivity index (χ3n) is 2.82. The molecule has 0 bridgehead atoms. The van der Waals surface area contributed by atoms with Gasteiger partial charge in [-0.05, 0) is 50.3 Å². The fourth-order valence-corrected chi connectivity index (χ4v) is 1.97. The summed E-state index contributed by atoms with van der Waals surface area (Å²) in [7, 11) is 0. The molecule has 0 unspecified atom stereocenters. The lowest BCUT2D eigenvalue weighted by Crippen LogP contribution is -2.10. The predicted octanol–water partition coefficient (Wildman–Crippen LogP) is 2.87. The molecule has 120 valence electrons. The molecule has 0 saturated heterocycles.